The van der Waals surface area contributed by atoms with Crippen molar-refractivity contribution >= 4 is 0 Å². The zero-order chi connectivity index (χ0) is 18.6. The van der Waals surface area contributed by atoms with Gasteiger partial charge in [0.25, 0.3) is 17.5 Å². The van der Waals surface area contributed by atoms with E-state index in [1.54, 1.807) is 0 Å². The van der Waals surface area contributed by atoms with Crippen LogP contribution in [-0.2, 0) is 18.9 Å². The molecule has 2 aromatic rings. The summed E-state index contributed by atoms with van der Waals surface area (Å²) in [6, 6.07) is 5.89. The molecule has 0 N–H and O–H groups in total. The molecule has 1 aromatic carbocycles. The van der Waals surface area contributed by atoms with Crippen LogP contribution in [0.25, 0.3) is 11.3 Å². The number of hydrogen-bond donors (Lipinski definition) is 0. The van der Waals surface area contributed by atoms with Gasteiger partial charge in [0.05, 0.1) is 11.3 Å². The second-order valence-corrected chi connectivity index (χ2v) is 7.56. The van der Waals surface area contributed by atoms with Crippen LogP contribution in [0.1, 0.15) is 37.5 Å². The van der Waals surface area contributed by atoms with Crippen LogP contribution >= 0.6 is 0 Å². The third kappa shape index (κ3) is 3.17. The Kier molecular flexibility index (Phi) is 3.97. The number of aromatic nitrogens is 2. The fraction of sp³-hybridized carbons (Fsp3) is 0.474. The van der Waals surface area contributed by atoms with Crippen molar-refractivity contribution in [2.45, 2.75) is 45.5 Å². The second kappa shape index (κ2) is 5.64. The van der Waals surface area contributed by atoms with Crippen molar-refractivity contribution in [3.63, 3.8) is 0 Å². The van der Waals surface area contributed by atoms with Crippen molar-refractivity contribution in [3.8, 4) is 17.3 Å². The third-order valence-corrected chi connectivity index (χ3v) is 4.53. The maximum Gasteiger partial charge on any atom is 0.299 e. The van der Waals surface area contributed by atoms with Crippen LogP contribution in [0.2, 0.25) is 0 Å². The molecule has 0 atom stereocenters. The van der Waals surface area contributed by atoms with Gasteiger partial charge in [-0.3, -0.25) is 9.36 Å². The Hall–Kier alpha value is -2.24. The number of rotatable bonds is 3. The van der Waals surface area contributed by atoms with E-state index in [1.807, 2.05) is 32.9 Å². The van der Waals surface area contributed by atoms with E-state index < -0.39 is 17.9 Å². The molecule has 1 aliphatic rings. The van der Waals surface area contributed by atoms with E-state index in [0.29, 0.717) is 11.3 Å². The summed E-state index contributed by atoms with van der Waals surface area (Å²) < 4.78 is 32.7. The summed E-state index contributed by atoms with van der Waals surface area (Å²) in [5, 5.41) is 0. The predicted octanol–water partition coefficient (Wildman–Crippen LogP) is 3.62. The van der Waals surface area contributed by atoms with Gasteiger partial charge in [-0.1, -0.05) is 37.6 Å². The number of aryl methyl sites for hydroxylation is 1. The molecule has 3 rings (SSSR count). The lowest BCUT2D eigenvalue weighted by Gasteiger charge is -2.33. The number of halogens is 2. The lowest BCUT2D eigenvalue weighted by molar-refractivity contribution is -0.0268. The first-order valence-electron chi connectivity index (χ1n) is 8.22. The molecule has 1 aliphatic carbocycles. The minimum absolute atomic E-state index is 0.0884. The Morgan fingerprint density at radius 2 is 2.04 bits per heavy atom. The van der Waals surface area contributed by atoms with Gasteiger partial charge in [-0.2, -0.15) is 4.98 Å². The van der Waals surface area contributed by atoms with Crippen LogP contribution in [0, 0.1) is 6.92 Å². The molecule has 1 aromatic heterocycles. The smallest absolute Gasteiger partial charge is 0.299 e. The Balaban J connectivity index is 2.21. The Bertz CT molecular complexity index is 896. The standard InChI is InChI=1S/C19H22F2N2O2/c1-11-6-7-13-12(8-11)9-18(2,3)14-15(13)22-17(23(5)16(14)24)25-10-19(4,20)21/h6-8H,9-10H2,1-5H3. The normalized spacial score (nSPS) is 15.5. The van der Waals surface area contributed by atoms with E-state index in [0.717, 1.165) is 30.0 Å². The van der Waals surface area contributed by atoms with Gasteiger partial charge >= 0.3 is 0 Å². The van der Waals surface area contributed by atoms with Gasteiger partial charge in [0, 0.05) is 24.9 Å². The van der Waals surface area contributed by atoms with Gasteiger partial charge in [0.15, 0.2) is 6.61 Å². The first-order valence-corrected chi connectivity index (χ1v) is 8.22. The van der Waals surface area contributed by atoms with Crippen molar-refractivity contribution in [3.05, 3.63) is 45.2 Å². The SMILES string of the molecule is Cc1ccc2c(c1)CC(C)(C)c1c-2nc(OCC(C)(F)F)n(C)c1=O. The summed E-state index contributed by atoms with van der Waals surface area (Å²) in [6.07, 6.45) is 0.723. The van der Waals surface area contributed by atoms with Crippen molar-refractivity contribution in [2.24, 2.45) is 7.05 Å². The Labute approximate surface area is 145 Å². The van der Waals surface area contributed by atoms with E-state index in [4.69, 9.17) is 4.74 Å². The highest BCUT2D eigenvalue weighted by Crippen LogP contribution is 2.41. The van der Waals surface area contributed by atoms with Crippen LogP contribution in [-0.4, -0.2) is 22.1 Å². The molecule has 0 saturated heterocycles. The van der Waals surface area contributed by atoms with Gasteiger partial charge in [0.2, 0.25) is 0 Å². The van der Waals surface area contributed by atoms with Crippen LogP contribution < -0.4 is 10.3 Å². The molecule has 134 valence electrons. The molecular formula is C19H22F2N2O2. The second-order valence-electron chi connectivity index (χ2n) is 7.56. The molecular weight excluding hydrogens is 326 g/mol. The fourth-order valence-corrected chi connectivity index (χ4v) is 3.37. The molecule has 0 radical (unpaired) electrons. The quantitative estimate of drug-likeness (QED) is 0.851. The zero-order valence-corrected chi connectivity index (χ0v) is 15.1. The Morgan fingerprint density at radius 3 is 2.68 bits per heavy atom. The molecule has 0 fully saturated rings. The molecule has 4 nitrogen and oxygen atoms in total. The first-order chi connectivity index (χ1) is 11.5. The average molecular weight is 348 g/mol. The molecule has 0 unspecified atom stereocenters. The van der Waals surface area contributed by atoms with Gasteiger partial charge < -0.3 is 4.74 Å². The van der Waals surface area contributed by atoms with Crippen LogP contribution in [0.15, 0.2) is 23.0 Å². The minimum Gasteiger partial charge on any atom is -0.458 e. The number of nitrogens with zero attached hydrogens (tertiary/aromatic N) is 2. The summed E-state index contributed by atoms with van der Waals surface area (Å²) in [6.45, 7) is 5.96. The van der Waals surface area contributed by atoms with E-state index in [-0.39, 0.29) is 11.6 Å². The van der Waals surface area contributed by atoms with Gasteiger partial charge in [-0.25, -0.2) is 8.78 Å². The number of fused-ring (bicyclic) bond motifs is 3. The minimum atomic E-state index is -3.00. The molecule has 6 heteroatoms. The molecule has 25 heavy (non-hydrogen) atoms. The van der Waals surface area contributed by atoms with Gasteiger partial charge in [0.1, 0.15) is 0 Å². The highest BCUT2D eigenvalue weighted by Gasteiger charge is 2.36. The third-order valence-electron chi connectivity index (χ3n) is 4.53. The van der Waals surface area contributed by atoms with E-state index in [1.165, 1.54) is 11.6 Å². The summed E-state index contributed by atoms with van der Waals surface area (Å²) in [5.74, 6) is -3.00. The Morgan fingerprint density at radius 1 is 1.36 bits per heavy atom. The summed E-state index contributed by atoms with van der Waals surface area (Å²) >= 11 is 0. The topological polar surface area (TPSA) is 44.1 Å². The van der Waals surface area contributed by atoms with Crippen LogP contribution in [0.4, 0.5) is 8.78 Å². The predicted molar refractivity (Wildman–Crippen MR) is 92.5 cm³/mol. The van der Waals surface area contributed by atoms with Crippen LogP contribution in [0.5, 0.6) is 6.01 Å². The highest BCUT2D eigenvalue weighted by molar-refractivity contribution is 5.72. The highest BCUT2D eigenvalue weighted by atomic mass is 19.3. The number of hydrogen-bond acceptors (Lipinski definition) is 3. The maximum absolute atomic E-state index is 13.1. The van der Waals surface area contributed by atoms with E-state index in [2.05, 4.69) is 11.1 Å². The number of ether oxygens (including phenoxy) is 1. The molecule has 1 heterocycles. The number of alkyl halides is 2. The van der Waals surface area contributed by atoms with Crippen molar-refractivity contribution in [1.29, 1.82) is 0 Å². The van der Waals surface area contributed by atoms with Crippen LogP contribution in [0.3, 0.4) is 0 Å². The van der Waals surface area contributed by atoms with Gasteiger partial charge in [-0.05, 0) is 18.9 Å². The molecule has 0 spiro atoms. The maximum atomic E-state index is 13.1. The van der Waals surface area contributed by atoms with Crippen molar-refractivity contribution < 1.29 is 13.5 Å². The largest absolute Gasteiger partial charge is 0.458 e. The molecule has 0 amide bonds. The van der Waals surface area contributed by atoms with Gasteiger partial charge in [-0.15, -0.1) is 0 Å². The van der Waals surface area contributed by atoms with E-state index in [9.17, 15) is 13.6 Å². The zero-order valence-electron chi connectivity index (χ0n) is 15.1. The molecule has 0 aliphatic heterocycles. The first kappa shape index (κ1) is 17.6. The lowest BCUT2D eigenvalue weighted by atomic mass is 9.72. The van der Waals surface area contributed by atoms with Crippen molar-refractivity contribution in [2.75, 3.05) is 6.61 Å². The molecule has 0 saturated carbocycles. The molecule has 0 bridgehead atoms. The summed E-state index contributed by atoms with van der Waals surface area (Å²) in [5.41, 5.74) is 3.58. The average Bonchev–Trinajstić information content (AvgIpc) is 2.46. The van der Waals surface area contributed by atoms with Crippen molar-refractivity contribution in [1.82, 2.24) is 9.55 Å². The van der Waals surface area contributed by atoms with E-state index >= 15 is 0 Å². The fourth-order valence-electron chi connectivity index (χ4n) is 3.37. The number of benzene rings is 1. The monoisotopic (exact) mass is 348 g/mol. The lowest BCUT2D eigenvalue weighted by Crippen LogP contribution is -2.38. The summed E-state index contributed by atoms with van der Waals surface area (Å²) in [4.78, 5) is 17.4. The summed E-state index contributed by atoms with van der Waals surface area (Å²) in [7, 11) is 1.50.